The molecule has 0 aromatic heterocycles. The number of hydrogen-bond acceptors (Lipinski definition) is 3. The minimum absolute atomic E-state index is 0.0126. The van der Waals surface area contributed by atoms with Gasteiger partial charge in [-0.15, -0.1) is 0 Å². The van der Waals surface area contributed by atoms with E-state index in [1.165, 1.54) is 0 Å². The predicted octanol–water partition coefficient (Wildman–Crippen LogP) is 2.34. The highest BCUT2D eigenvalue weighted by Crippen LogP contribution is 2.26. The van der Waals surface area contributed by atoms with Gasteiger partial charge in [-0.2, -0.15) is 0 Å². The van der Waals surface area contributed by atoms with Crippen molar-refractivity contribution in [3.63, 3.8) is 0 Å². The molecule has 4 heteroatoms. The number of carbonyl (C=O) groups excluding carboxylic acids is 1. The maximum atomic E-state index is 12.3. The third-order valence-electron chi connectivity index (χ3n) is 3.24. The Morgan fingerprint density at radius 1 is 1.42 bits per heavy atom. The van der Waals surface area contributed by atoms with Crippen LogP contribution in [0.2, 0.25) is 0 Å². The Hall–Kier alpha value is -1.55. The van der Waals surface area contributed by atoms with Crippen molar-refractivity contribution in [2.45, 2.75) is 27.7 Å². The zero-order valence-corrected chi connectivity index (χ0v) is 12.5. The molecule has 0 aliphatic carbocycles. The lowest BCUT2D eigenvalue weighted by atomic mass is 9.92. The molecule has 19 heavy (non-hydrogen) atoms. The highest BCUT2D eigenvalue weighted by molar-refractivity contribution is 5.97. The van der Waals surface area contributed by atoms with Crippen molar-refractivity contribution in [3.8, 4) is 5.75 Å². The third-order valence-corrected chi connectivity index (χ3v) is 3.24. The van der Waals surface area contributed by atoms with E-state index in [1.54, 1.807) is 11.9 Å². The van der Waals surface area contributed by atoms with Crippen LogP contribution in [-0.4, -0.2) is 26.1 Å². The Morgan fingerprint density at radius 2 is 2.05 bits per heavy atom. The summed E-state index contributed by atoms with van der Waals surface area (Å²) in [4.78, 5) is 14.0. The van der Waals surface area contributed by atoms with Crippen LogP contribution in [0.25, 0.3) is 0 Å². The van der Waals surface area contributed by atoms with Crippen LogP contribution < -0.4 is 15.4 Å². The van der Waals surface area contributed by atoms with Crippen LogP contribution >= 0.6 is 0 Å². The summed E-state index contributed by atoms with van der Waals surface area (Å²) in [5.41, 5.74) is 6.97. The molecule has 0 radical (unpaired) electrons. The summed E-state index contributed by atoms with van der Waals surface area (Å²) in [5, 5.41) is 0. The zero-order chi connectivity index (χ0) is 14.6. The normalized spacial score (nSPS) is 11.3. The summed E-state index contributed by atoms with van der Waals surface area (Å²) in [6.07, 6.45) is 0. The smallest absolute Gasteiger partial charge is 0.233 e. The number of hydrogen-bond donors (Lipinski definition) is 1. The number of anilines is 1. The number of nitrogens with zero attached hydrogens (tertiary/aromatic N) is 1. The second-order valence-corrected chi connectivity index (χ2v) is 5.33. The van der Waals surface area contributed by atoms with Gasteiger partial charge in [0.05, 0.1) is 12.0 Å². The first-order chi connectivity index (χ1) is 8.83. The number of nitrogens with two attached hydrogens (primary N) is 1. The van der Waals surface area contributed by atoms with Gasteiger partial charge in [-0.25, -0.2) is 0 Å². The van der Waals surface area contributed by atoms with Gasteiger partial charge in [0.25, 0.3) is 0 Å². The van der Waals surface area contributed by atoms with E-state index in [0.29, 0.717) is 13.2 Å². The molecule has 0 unspecified atom stereocenters. The molecular formula is C15H24N2O2. The molecule has 0 atom stereocenters. The van der Waals surface area contributed by atoms with Gasteiger partial charge in [-0.1, -0.05) is 0 Å². The van der Waals surface area contributed by atoms with Gasteiger partial charge in [0.1, 0.15) is 5.75 Å². The van der Waals surface area contributed by atoms with E-state index in [9.17, 15) is 4.79 Å². The molecule has 0 aliphatic rings. The van der Waals surface area contributed by atoms with Crippen LogP contribution in [0.1, 0.15) is 26.3 Å². The fourth-order valence-corrected chi connectivity index (χ4v) is 1.82. The van der Waals surface area contributed by atoms with E-state index in [-0.39, 0.29) is 5.91 Å². The van der Waals surface area contributed by atoms with Crippen molar-refractivity contribution < 1.29 is 9.53 Å². The highest BCUT2D eigenvalue weighted by Gasteiger charge is 2.29. The second-order valence-electron chi connectivity index (χ2n) is 5.33. The minimum atomic E-state index is -0.554. The Kier molecular flexibility index (Phi) is 4.95. The van der Waals surface area contributed by atoms with E-state index < -0.39 is 5.41 Å². The van der Waals surface area contributed by atoms with Crippen molar-refractivity contribution in [1.82, 2.24) is 0 Å². The molecule has 1 amide bonds. The number of ether oxygens (including phenoxy) is 1. The molecule has 0 saturated heterocycles. The molecule has 4 nitrogen and oxygen atoms in total. The minimum Gasteiger partial charge on any atom is -0.494 e. The lowest BCUT2D eigenvalue weighted by molar-refractivity contribution is -0.125. The summed E-state index contributed by atoms with van der Waals surface area (Å²) in [6, 6.07) is 5.74. The first-order valence-corrected chi connectivity index (χ1v) is 6.55. The summed E-state index contributed by atoms with van der Waals surface area (Å²) in [7, 11) is 1.77. The van der Waals surface area contributed by atoms with Crippen molar-refractivity contribution >= 4 is 11.6 Å². The molecule has 0 heterocycles. The molecule has 0 spiro atoms. The van der Waals surface area contributed by atoms with Crippen LogP contribution in [0.15, 0.2) is 18.2 Å². The Bertz CT molecular complexity index is 455. The molecule has 1 rings (SSSR count). The third kappa shape index (κ3) is 3.47. The van der Waals surface area contributed by atoms with E-state index >= 15 is 0 Å². The van der Waals surface area contributed by atoms with Gasteiger partial charge >= 0.3 is 0 Å². The molecular weight excluding hydrogens is 240 g/mol. The topological polar surface area (TPSA) is 55.6 Å². The van der Waals surface area contributed by atoms with Crippen LogP contribution in [0.3, 0.4) is 0 Å². The fraction of sp³-hybridized carbons (Fsp3) is 0.533. The van der Waals surface area contributed by atoms with Crippen LogP contribution in [0.4, 0.5) is 5.69 Å². The lowest BCUT2D eigenvalue weighted by Gasteiger charge is -2.28. The van der Waals surface area contributed by atoms with Crippen LogP contribution in [-0.2, 0) is 4.79 Å². The van der Waals surface area contributed by atoms with Crippen LogP contribution in [0.5, 0.6) is 5.75 Å². The molecule has 1 aromatic carbocycles. The SMILES string of the molecule is CCOc1ccc(N(C)C(=O)C(C)(C)CN)cc1C. The van der Waals surface area contributed by atoms with Gasteiger partial charge in [0, 0.05) is 19.3 Å². The van der Waals surface area contributed by atoms with Crippen molar-refractivity contribution in [2.24, 2.45) is 11.1 Å². The van der Waals surface area contributed by atoms with Crippen molar-refractivity contribution in [3.05, 3.63) is 23.8 Å². The van der Waals surface area contributed by atoms with Crippen molar-refractivity contribution in [1.29, 1.82) is 0 Å². The number of rotatable bonds is 5. The molecule has 0 aliphatic heterocycles. The number of aryl methyl sites for hydroxylation is 1. The summed E-state index contributed by atoms with van der Waals surface area (Å²) in [5.74, 6) is 0.865. The van der Waals surface area contributed by atoms with Crippen LogP contribution in [0, 0.1) is 12.3 Å². The second kappa shape index (κ2) is 6.06. The maximum Gasteiger partial charge on any atom is 0.233 e. The first kappa shape index (κ1) is 15.5. The average Bonchev–Trinajstić information content (AvgIpc) is 2.39. The van der Waals surface area contributed by atoms with Gasteiger partial charge in [0.2, 0.25) is 5.91 Å². The number of amides is 1. The molecule has 0 bridgehead atoms. The standard InChI is InChI=1S/C15H24N2O2/c1-6-19-13-8-7-12(9-11(13)2)17(5)14(18)15(3,4)10-16/h7-9H,6,10,16H2,1-5H3. The van der Waals surface area contributed by atoms with E-state index in [0.717, 1.165) is 17.0 Å². The number of carbonyl (C=O) groups is 1. The van der Waals surface area contributed by atoms with Gasteiger partial charge in [-0.3, -0.25) is 4.79 Å². The Labute approximate surface area is 115 Å². The highest BCUT2D eigenvalue weighted by atomic mass is 16.5. The molecule has 1 aromatic rings. The molecule has 106 valence electrons. The molecule has 2 N–H and O–H groups in total. The van der Waals surface area contributed by atoms with Gasteiger partial charge in [-0.05, 0) is 51.5 Å². The Balaban J connectivity index is 2.98. The quantitative estimate of drug-likeness (QED) is 0.888. The van der Waals surface area contributed by atoms with Crippen molar-refractivity contribution in [2.75, 3.05) is 25.1 Å². The maximum absolute atomic E-state index is 12.3. The molecule has 0 saturated carbocycles. The zero-order valence-electron chi connectivity index (χ0n) is 12.5. The Morgan fingerprint density at radius 3 is 2.53 bits per heavy atom. The number of benzene rings is 1. The van der Waals surface area contributed by atoms with E-state index in [4.69, 9.17) is 10.5 Å². The summed E-state index contributed by atoms with van der Waals surface area (Å²) < 4.78 is 5.50. The largest absolute Gasteiger partial charge is 0.494 e. The summed E-state index contributed by atoms with van der Waals surface area (Å²) >= 11 is 0. The monoisotopic (exact) mass is 264 g/mol. The van der Waals surface area contributed by atoms with Gasteiger partial charge < -0.3 is 15.4 Å². The lowest BCUT2D eigenvalue weighted by Crippen LogP contribution is -2.43. The van der Waals surface area contributed by atoms with Gasteiger partial charge in [0.15, 0.2) is 0 Å². The fourth-order valence-electron chi connectivity index (χ4n) is 1.82. The summed E-state index contributed by atoms with van der Waals surface area (Å²) in [6.45, 7) is 8.59. The predicted molar refractivity (Wildman–Crippen MR) is 78.6 cm³/mol. The van der Waals surface area contributed by atoms with E-state index in [1.807, 2.05) is 45.9 Å². The first-order valence-electron chi connectivity index (χ1n) is 6.55. The molecule has 0 fully saturated rings. The average molecular weight is 264 g/mol. The van der Waals surface area contributed by atoms with E-state index in [2.05, 4.69) is 0 Å².